The average molecular weight is 173 g/mol. The number of aliphatic imine (C=N–C) groups is 1. The zero-order chi connectivity index (χ0) is 9.84. The largest absolute Gasteiger partial charge is 0.293 e. The Labute approximate surface area is 79.8 Å². The first-order chi connectivity index (χ1) is 6.16. The Kier molecular flexibility index (Phi) is 3.02. The van der Waals surface area contributed by atoms with Gasteiger partial charge in [-0.15, -0.1) is 0 Å². The Hall–Kier alpha value is -1.37. The minimum absolute atomic E-state index is 1.05. The van der Waals surface area contributed by atoms with E-state index in [2.05, 4.69) is 23.7 Å². The van der Waals surface area contributed by atoms with Gasteiger partial charge >= 0.3 is 0 Å². The molecule has 0 saturated carbocycles. The van der Waals surface area contributed by atoms with Gasteiger partial charge in [-0.2, -0.15) is 0 Å². The van der Waals surface area contributed by atoms with Gasteiger partial charge in [-0.3, -0.25) is 4.99 Å². The van der Waals surface area contributed by atoms with Crippen molar-refractivity contribution < 1.29 is 0 Å². The molecule has 68 valence electrons. The van der Waals surface area contributed by atoms with E-state index in [0.717, 1.165) is 11.3 Å². The summed E-state index contributed by atoms with van der Waals surface area (Å²) in [5.41, 5.74) is 4.50. The molecule has 0 atom stereocenters. The van der Waals surface area contributed by atoms with Crippen molar-refractivity contribution in [2.75, 3.05) is 7.05 Å². The highest BCUT2D eigenvalue weighted by molar-refractivity contribution is 6.02. The van der Waals surface area contributed by atoms with Gasteiger partial charge in [-0.25, -0.2) is 0 Å². The second-order valence-corrected chi connectivity index (χ2v) is 3.13. The van der Waals surface area contributed by atoms with Crippen LogP contribution in [0.25, 0.3) is 5.57 Å². The van der Waals surface area contributed by atoms with Crippen molar-refractivity contribution in [1.82, 2.24) is 0 Å². The van der Waals surface area contributed by atoms with Crippen LogP contribution in [0.2, 0.25) is 0 Å². The number of benzene rings is 1. The molecule has 0 aliphatic rings. The van der Waals surface area contributed by atoms with E-state index in [-0.39, 0.29) is 0 Å². The van der Waals surface area contributed by atoms with Crippen LogP contribution in [0, 0.1) is 0 Å². The number of nitrogens with zero attached hydrogens (tertiary/aromatic N) is 1. The lowest BCUT2D eigenvalue weighted by atomic mass is 9.99. The molecule has 1 nitrogen and oxygen atoms in total. The van der Waals surface area contributed by atoms with Crippen molar-refractivity contribution in [2.45, 2.75) is 13.8 Å². The summed E-state index contributed by atoms with van der Waals surface area (Å²) in [6, 6.07) is 8.20. The van der Waals surface area contributed by atoms with E-state index in [4.69, 9.17) is 0 Å². The van der Waals surface area contributed by atoms with E-state index in [9.17, 15) is 0 Å². The molecule has 0 aliphatic heterocycles. The number of hydrogen-bond donors (Lipinski definition) is 0. The first kappa shape index (κ1) is 9.72. The van der Waals surface area contributed by atoms with Crippen LogP contribution in [0.5, 0.6) is 0 Å². The van der Waals surface area contributed by atoms with Crippen molar-refractivity contribution in [3.05, 3.63) is 42.0 Å². The topological polar surface area (TPSA) is 12.4 Å². The van der Waals surface area contributed by atoms with E-state index in [1.165, 1.54) is 11.1 Å². The third kappa shape index (κ3) is 2.05. The van der Waals surface area contributed by atoms with Crippen LogP contribution in [0.3, 0.4) is 0 Å². The second-order valence-electron chi connectivity index (χ2n) is 3.13. The third-order valence-electron chi connectivity index (χ3n) is 2.11. The summed E-state index contributed by atoms with van der Waals surface area (Å²) in [5, 5.41) is 0. The van der Waals surface area contributed by atoms with Crippen molar-refractivity contribution in [2.24, 2.45) is 4.99 Å². The van der Waals surface area contributed by atoms with Crippen LogP contribution in [0.15, 0.2) is 35.8 Å². The van der Waals surface area contributed by atoms with Crippen LogP contribution < -0.4 is 0 Å². The maximum absolute atomic E-state index is 4.18. The van der Waals surface area contributed by atoms with Gasteiger partial charge < -0.3 is 0 Å². The summed E-state index contributed by atoms with van der Waals surface area (Å²) in [7, 11) is 1.81. The molecule has 1 heteroatoms. The summed E-state index contributed by atoms with van der Waals surface area (Å²) >= 11 is 0. The third-order valence-corrected chi connectivity index (χ3v) is 2.11. The number of rotatable bonds is 2. The molecule has 0 amide bonds. The molecule has 0 bridgehead atoms. The van der Waals surface area contributed by atoms with Gasteiger partial charge in [0.2, 0.25) is 0 Å². The van der Waals surface area contributed by atoms with Gasteiger partial charge in [0, 0.05) is 18.3 Å². The minimum Gasteiger partial charge on any atom is -0.293 e. The quantitative estimate of drug-likeness (QED) is 0.609. The molecule has 0 fully saturated rings. The Morgan fingerprint density at radius 3 is 2.15 bits per heavy atom. The summed E-state index contributed by atoms with van der Waals surface area (Å²) in [4.78, 5) is 4.18. The summed E-state index contributed by atoms with van der Waals surface area (Å²) < 4.78 is 0. The van der Waals surface area contributed by atoms with Gasteiger partial charge in [-0.1, -0.05) is 36.4 Å². The van der Waals surface area contributed by atoms with E-state index in [1.54, 1.807) is 0 Å². The minimum atomic E-state index is 1.05. The first-order valence-corrected chi connectivity index (χ1v) is 4.35. The zero-order valence-electron chi connectivity index (χ0n) is 8.46. The molecular formula is C12H15N. The number of allylic oxidation sites excluding steroid dienone is 1. The molecule has 0 radical (unpaired) electrons. The maximum Gasteiger partial charge on any atom is 0.0392 e. The summed E-state index contributed by atoms with van der Waals surface area (Å²) in [6.07, 6.45) is 0. The lowest BCUT2D eigenvalue weighted by molar-refractivity contribution is 1.40. The van der Waals surface area contributed by atoms with E-state index in [0.29, 0.717) is 0 Å². The first-order valence-electron chi connectivity index (χ1n) is 4.35. The van der Waals surface area contributed by atoms with E-state index < -0.39 is 0 Å². The highest BCUT2D eigenvalue weighted by Crippen LogP contribution is 2.17. The SMILES string of the molecule is C=C(C)c1ccccc1C(C)=NC. The maximum atomic E-state index is 4.18. The molecule has 0 heterocycles. The molecule has 1 aromatic carbocycles. The van der Waals surface area contributed by atoms with Crippen molar-refractivity contribution in [3.8, 4) is 0 Å². The summed E-state index contributed by atoms with van der Waals surface area (Å²) in [5.74, 6) is 0. The van der Waals surface area contributed by atoms with Crippen LogP contribution in [0.4, 0.5) is 0 Å². The Morgan fingerprint density at radius 2 is 1.69 bits per heavy atom. The predicted octanol–water partition coefficient (Wildman–Crippen LogP) is 3.16. The average Bonchev–Trinajstić information content (AvgIpc) is 2.16. The highest BCUT2D eigenvalue weighted by atomic mass is 14.7. The predicted molar refractivity (Wildman–Crippen MR) is 59.3 cm³/mol. The fourth-order valence-corrected chi connectivity index (χ4v) is 1.29. The molecule has 0 aliphatic carbocycles. The molecule has 0 aromatic heterocycles. The van der Waals surface area contributed by atoms with Crippen LogP contribution in [0.1, 0.15) is 25.0 Å². The monoisotopic (exact) mass is 173 g/mol. The summed E-state index contributed by atoms with van der Waals surface area (Å²) in [6.45, 7) is 7.98. The van der Waals surface area contributed by atoms with Crippen molar-refractivity contribution in [1.29, 1.82) is 0 Å². The van der Waals surface area contributed by atoms with E-state index >= 15 is 0 Å². The number of hydrogen-bond acceptors (Lipinski definition) is 1. The molecule has 0 N–H and O–H groups in total. The van der Waals surface area contributed by atoms with Gasteiger partial charge in [-0.05, 0) is 19.4 Å². The fraction of sp³-hybridized carbons (Fsp3) is 0.250. The van der Waals surface area contributed by atoms with Gasteiger partial charge in [0.05, 0.1) is 0 Å². The van der Waals surface area contributed by atoms with Gasteiger partial charge in [0.15, 0.2) is 0 Å². The molecule has 1 aromatic rings. The Balaban J connectivity index is 3.28. The van der Waals surface area contributed by atoms with Crippen LogP contribution in [-0.4, -0.2) is 12.8 Å². The smallest absolute Gasteiger partial charge is 0.0392 e. The normalized spacial score (nSPS) is 11.5. The van der Waals surface area contributed by atoms with Crippen LogP contribution >= 0.6 is 0 Å². The highest BCUT2D eigenvalue weighted by Gasteiger charge is 2.03. The zero-order valence-corrected chi connectivity index (χ0v) is 8.46. The van der Waals surface area contributed by atoms with Crippen molar-refractivity contribution >= 4 is 11.3 Å². The molecular weight excluding hydrogens is 158 g/mol. The van der Waals surface area contributed by atoms with Crippen LogP contribution in [-0.2, 0) is 0 Å². The molecule has 0 unspecified atom stereocenters. The lowest BCUT2D eigenvalue weighted by Gasteiger charge is -2.07. The fourth-order valence-electron chi connectivity index (χ4n) is 1.29. The second kappa shape index (κ2) is 4.04. The molecule has 13 heavy (non-hydrogen) atoms. The molecule has 1 rings (SSSR count). The van der Waals surface area contributed by atoms with E-state index in [1.807, 2.05) is 33.0 Å². The van der Waals surface area contributed by atoms with Gasteiger partial charge in [0.1, 0.15) is 0 Å². The van der Waals surface area contributed by atoms with Crippen molar-refractivity contribution in [3.63, 3.8) is 0 Å². The Morgan fingerprint density at radius 1 is 1.15 bits per heavy atom. The lowest BCUT2D eigenvalue weighted by Crippen LogP contribution is -1.98. The molecule has 0 saturated heterocycles. The van der Waals surface area contributed by atoms with Gasteiger partial charge in [0.25, 0.3) is 0 Å². The Bertz CT molecular complexity index is 348. The standard InChI is InChI=1S/C12H15N/c1-9(2)11-7-5-6-8-12(11)10(3)13-4/h5-8H,1H2,2-4H3. The molecule has 0 spiro atoms.